The average molecular weight is 284 g/mol. The van der Waals surface area contributed by atoms with Crippen LogP contribution in [0.4, 0.5) is 0 Å². The third-order valence-corrected chi connectivity index (χ3v) is 4.36. The highest BCUT2D eigenvalue weighted by molar-refractivity contribution is 5.66. The number of hydrogen-bond acceptors (Lipinski definition) is 2. The van der Waals surface area contributed by atoms with E-state index in [1.807, 2.05) is 6.92 Å². The molecule has 0 rings (SSSR count). The van der Waals surface area contributed by atoms with Crippen LogP contribution in [0.1, 0.15) is 86.5 Å². The van der Waals surface area contributed by atoms with Gasteiger partial charge in [0.2, 0.25) is 0 Å². The third kappa shape index (κ3) is 10.3. The first-order chi connectivity index (χ1) is 9.36. The number of unbranched alkanes of at least 4 members (excludes halogenated alkanes) is 1. The van der Waals surface area contributed by atoms with Gasteiger partial charge in [0.15, 0.2) is 0 Å². The van der Waals surface area contributed by atoms with Crippen LogP contribution in [-0.4, -0.2) is 12.1 Å². The van der Waals surface area contributed by atoms with Crippen LogP contribution in [-0.2, 0) is 9.53 Å². The lowest BCUT2D eigenvalue weighted by Gasteiger charge is -2.21. The van der Waals surface area contributed by atoms with Crippen LogP contribution in [0.15, 0.2) is 0 Å². The fourth-order valence-electron chi connectivity index (χ4n) is 2.88. The molecule has 0 saturated heterocycles. The summed E-state index contributed by atoms with van der Waals surface area (Å²) < 4.78 is 5.24. The number of esters is 1. The Balaban J connectivity index is 3.74. The van der Waals surface area contributed by atoms with Crippen molar-refractivity contribution in [2.75, 3.05) is 0 Å². The molecule has 0 amide bonds. The lowest BCUT2D eigenvalue weighted by Crippen LogP contribution is -2.20. The molecule has 20 heavy (non-hydrogen) atoms. The van der Waals surface area contributed by atoms with E-state index < -0.39 is 0 Å². The second kappa shape index (κ2) is 11.2. The van der Waals surface area contributed by atoms with Crippen LogP contribution in [0.2, 0.25) is 0 Å². The standard InChI is InChI=1S/C18H36O2/c1-7-8-10-14(2)13-15(3)11-9-12-16(4)17(5)20-18(6)19/h14-17H,7-13H2,1-6H3/t14-,15-,16+,17+/m0/s1. The summed E-state index contributed by atoms with van der Waals surface area (Å²) in [6, 6.07) is 0. The molecule has 0 aromatic heterocycles. The second-order valence-corrected chi connectivity index (χ2v) is 6.81. The van der Waals surface area contributed by atoms with Crippen LogP contribution in [0.25, 0.3) is 0 Å². The predicted octanol–water partition coefficient (Wildman–Crippen LogP) is 5.60. The first kappa shape index (κ1) is 19.5. The normalized spacial score (nSPS) is 17.3. The summed E-state index contributed by atoms with van der Waals surface area (Å²) in [5, 5.41) is 0. The monoisotopic (exact) mass is 284 g/mol. The van der Waals surface area contributed by atoms with Crippen LogP contribution >= 0.6 is 0 Å². The van der Waals surface area contributed by atoms with Gasteiger partial charge in [-0.2, -0.15) is 0 Å². The van der Waals surface area contributed by atoms with Gasteiger partial charge >= 0.3 is 5.97 Å². The van der Waals surface area contributed by atoms with Crippen molar-refractivity contribution < 1.29 is 9.53 Å². The van der Waals surface area contributed by atoms with Crippen LogP contribution in [0.5, 0.6) is 0 Å². The van der Waals surface area contributed by atoms with E-state index in [0.717, 1.165) is 18.3 Å². The van der Waals surface area contributed by atoms with E-state index in [-0.39, 0.29) is 12.1 Å². The molecular weight excluding hydrogens is 248 g/mol. The van der Waals surface area contributed by atoms with E-state index in [2.05, 4.69) is 27.7 Å². The van der Waals surface area contributed by atoms with Gasteiger partial charge in [-0.3, -0.25) is 4.79 Å². The number of ether oxygens (including phenoxy) is 1. The van der Waals surface area contributed by atoms with Crippen molar-refractivity contribution in [3.05, 3.63) is 0 Å². The third-order valence-electron chi connectivity index (χ3n) is 4.36. The molecule has 0 aliphatic rings. The molecule has 120 valence electrons. The maximum Gasteiger partial charge on any atom is 0.302 e. The number of carbonyl (C=O) groups is 1. The second-order valence-electron chi connectivity index (χ2n) is 6.81. The van der Waals surface area contributed by atoms with Crippen molar-refractivity contribution in [2.45, 2.75) is 92.6 Å². The van der Waals surface area contributed by atoms with E-state index in [0.29, 0.717) is 5.92 Å². The SMILES string of the molecule is CCCC[C@H](C)C[C@@H](C)CCC[C@@H](C)[C@@H](C)OC(C)=O. The van der Waals surface area contributed by atoms with Gasteiger partial charge in [-0.15, -0.1) is 0 Å². The van der Waals surface area contributed by atoms with E-state index in [1.54, 1.807) is 0 Å². The molecule has 2 nitrogen and oxygen atoms in total. The molecule has 0 aromatic carbocycles. The summed E-state index contributed by atoms with van der Waals surface area (Å²) in [6.45, 7) is 12.7. The van der Waals surface area contributed by atoms with Gasteiger partial charge in [-0.05, 0) is 37.5 Å². The lowest BCUT2D eigenvalue weighted by atomic mass is 9.88. The maximum atomic E-state index is 10.9. The molecule has 0 saturated carbocycles. The zero-order valence-electron chi connectivity index (χ0n) is 14.6. The summed E-state index contributed by atoms with van der Waals surface area (Å²) in [7, 11) is 0. The molecule has 0 aliphatic heterocycles. The molecule has 0 bridgehead atoms. The summed E-state index contributed by atoms with van der Waals surface area (Å²) in [5.41, 5.74) is 0. The highest BCUT2D eigenvalue weighted by atomic mass is 16.5. The van der Waals surface area contributed by atoms with Crippen molar-refractivity contribution in [3.8, 4) is 0 Å². The molecule has 0 aromatic rings. The topological polar surface area (TPSA) is 26.3 Å². The zero-order chi connectivity index (χ0) is 15.5. The van der Waals surface area contributed by atoms with E-state index in [9.17, 15) is 4.79 Å². The largest absolute Gasteiger partial charge is 0.463 e. The molecular formula is C18H36O2. The predicted molar refractivity (Wildman–Crippen MR) is 86.7 cm³/mol. The minimum absolute atomic E-state index is 0.0475. The van der Waals surface area contributed by atoms with Gasteiger partial charge in [0.05, 0.1) is 0 Å². The first-order valence-corrected chi connectivity index (χ1v) is 8.54. The van der Waals surface area contributed by atoms with Crippen molar-refractivity contribution in [1.29, 1.82) is 0 Å². The number of hydrogen-bond donors (Lipinski definition) is 0. The Morgan fingerprint density at radius 1 is 0.950 bits per heavy atom. The Morgan fingerprint density at radius 2 is 1.50 bits per heavy atom. The fraction of sp³-hybridized carbons (Fsp3) is 0.944. The first-order valence-electron chi connectivity index (χ1n) is 8.54. The average Bonchev–Trinajstić information content (AvgIpc) is 2.35. The van der Waals surface area contributed by atoms with Crippen molar-refractivity contribution in [3.63, 3.8) is 0 Å². The van der Waals surface area contributed by atoms with Crippen LogP contribution < -0.4 is 0 Å². The van der Waals surface area contributed by atoms with Gasteiger partial charge in [0.25, 0.3) is 0 Å². The Hall–Kier alpha value is -0.530. The molecule has 0 spiro atoms. The van der Waals surface area contributed by atoms with Gasteiger partial charge in [0, 0.05) is 6.92 Å². The van der Waals surface area contributed by atoms with Crippen LogP contribution in [0.3, 0.4) is 0 Å². The van der Waals surface area contributed by atoms with Gasteiger partial charge in [-0.25, -0.2) is 0 Å². The van der Waals surface area contributed by atoms with Gasteiger partial charge in [0.1, 0.15) is 6.10 Å². The molecule has 4 atom stereocenters. The Kier molecular flexibility index (Phi) is 10.9. The highest BCUT2D eigenvalue weighted by Gasteiger charge is 2.15. The summed E-state index contributed by atoms with van der Waals surface area (Å²) in [4.78, 5) is 10.9. The maximum absolute atomic E-state index is 10.9. The quantitative estimate of drug-likeness (QED) is 0.462. The van der Waals surface area contributed by atoms with Gasteiger partial charge in [-0.1, -0.05) is 59.8 Å². The van der Waals surface area contributed by atoms with Crippen LogP contribution in [0, 0.1) is 17.8 Å². The van der Waals surface area contributed by atoms with Crippen molar-refractivity contribution >= 4 is 5.97 Å². The molecule has 0 aliphatic carbocycles. The molecule has 0 unspecified atom stereocenters. The highest BCUT2D eigenvalue weighted by Crippen LogP contribution is 2.23. The number of rotatable bonds is 11. The van der Waals surface area contributed by atoms with Crippen molar-refractivity contribution in [1.82, 2.24) is 0 Å². The molecule has 0 radical (unpaired) electrons. The summed E-state index contributed by atoms with van der Waals surface area (Å²) in [5.74, 6) is 1.98. The Bertz CT molecular complexity index is 250. The smallest absolute Gasteiger partial charge is 0.302 e. The van der Waals surface area contributed by atoms with Crippen molar-refractivity contribution in [2.24, 2.45) is 17.8 Å². The summed E-state index contributed by atoms with van der Waals surface area (Å²) in [6.07, 6.45) is 9.15. The Labute approximate surface area is 126 Å². The minimum Gasteiger partial charge on any atom is -0.463 e. The number of carbonyl (C=O) groups excluding carboxylic acids is 1. The minimum atomic E-state index is -0.164. The Morgan fingerprint density at radius 3 is 2.00 bits per heavy atom. The van der Waals surface area contributed by atoms with E-state index in [1.165, 1.54) is 45.4 Å². The lowest BCUT2D eigenvalue weighted by molar-refractivity contribution is -0.147. The summed E-state index contributed by atoms with van der Waals surface area (Å²) >= 11 is 0. The molecule has 0 heterocycles. The zero-order valence-corrected chi connectivity index (χ0v) is 14.6. The van der Waals surface area contributed by atoms with Gasteiger partial charge < -0.3 is 4.74 Å². The molecule has 0 fully saturated rings. The molecule has 2 heteroatoms. The van der Waals surface area contributed by atoms with E-state index in [4.69, 9.17) is 4.74 Å². The fourth-order valence-corrected chi connectivity index (χ4v) is 2.88. The van der Waals surface area contributed by atoms with E-state index >= 15 is 0 Å². The molecule has 0 N–H and O–H groups in total.